The zero-order valence-corrected chi connectivity index (χ0v) is 9.01. The lowest BCUT2D eigenvalue weighted by atomic mass is 10.1. The molecule has 0 atom stereocenters. The largest absolute Gasteiger partial charge is 0.458 e. The van der Waals surface area contributed by atoms with Crippen LogP contribution in [-0.2, 0) is 4.74 Å². The van der Waals surface area contributed by atoms with E-state index < -0.39 is 5.97 Å². The number of nitrogens with two attached hydrogens (primary N) is 1. The number of carbonyl (C=O) groups is 1. The van der Waals surface area contributed by atoms with Gasteiger partial charge < -0.3 is 4.74 Å². The van der Waals surface area contributed by atoms with Gasteiger partial charge in [-0.05, 0) is 18.4 Å². The molecule has 2 aromatic rings. The number of esters is 1. The molecule has 0 aliphatic carbocycles. The molecule has 1 aromatic heterocycles. The van der Waals surface area contributed by atoms with Gasteiger partial charge in [0.05, 0.1) is 6.61 Å². The van der Waals surface area contributed by atoms with Gasteiger partial charge in [0.15, 0.2) is 0 Å². The average Bonchev–Trinajstić information content (AvgIpc) is 2.28. The predicted molar refractivity (Wildman–Crippen MR) is 60.2 cm³/mol. The molecule has 0 aliphatic rings. The Labute approximate surface area is 93.2 Å². The Kier molecular flexibility index (Phi) is 2.72. The van der Waals surface area contributed by atoms with E-state index in [0.717, 1.165) is 10.8 Å². The zero-order valence-electron chi connectivity index (χ0n) is 9.01. The number of ether oxygens (including phenoxy) is 1. The quantitative estimate of drug-likeness (QED) is 0.464. The van der Waals surface area contributed by atoms with Crippen LogP contribution in [0.1, 0.15) is 17.4 Å². The molecule has 4 heteroatoms. The molecule has 2 N–H and O–H groups in total. The van der Waals surface area contributed by atoms with Crippen molar-refractivity contribution in [3.05, 3.63) is 42.2 Å². The van der Waals surface area contributed by atoms with Crippen LogP contribution in [0, 0.1) is 0 Å². The summed E-state index contributed by atoms with van der Waals surface area (Å²) in [6, 6.07) is 9.43. The van der Waals surface area contributed by atoms with Crippen molar-refractivity contribution in [2.24, 2.45) is 0 Å². The molecule has 0 spiro atoms. The molecule has 0 unspecified atom stereocenters. The normalized spacial score (nSPS) is 10.3. The van der Waals surface area contributed by atoms with Crippen LogP contribution in [0.15, 0.2) is 36.5 Å². The Morgan fingerprint density at radius 3 is 2.75 bits per heavy atom. The third-order valence-corrected chi connectivity index (χ3v) is 2.33. The number of aromatic nitrogens is 1. The number of nitrogen functional groups attached to an aromatic ring is 1. The summed E-state index contributed by atoms with van der Waals surface area (Å²) in [5.41, 5.74) is 0.348. The van der Waals surface area contributed by atoms with Crippen LogP contribution in [0.2, 0.25) is 0 Å². The van der Waals surface area contributed by atoms with E-state index in [1.807, 2.05) is 24.3 Å². The van der Waals surface area contributed by atoms with E-state index >= 15 is 0 Å². The molecule has 1 heterocycles. The minimum absolute atomic E-state index is 0.339. The summed E-state index contributed by atoms with van der Waals surface area (Å²) in [6.45, 7) is 2.10. The standard InChI is InChI=1S/C12H12N2O2/c1-2-16-12(15)11-7-9-5-3-4-6-10(9)8-14(11)13/h3-8H,2H2,1H3,(H-,13,15)/p+1. The maximum Gasteiger partial charge on any atom is 0.406 e. The number of pyridine rings is 1. The molecular formula is C12H13N2O2+. The first kappa shape index (κ1) is 10.4. The maximum atomic E-state index is 11.6. The highest BCUT2D eigenvalue weighted by Crippen LogP contribution is 2.12. The third-order valence-electron chi connectivity index (χ3n) is 2.33. The minimum Gasteiger partial charge on any atom is -0.458 e. The summed E-state index contributed by atoms with van der Waals surface area (Å²) in [5, 5.41) is 1.95. The van der Waals surface area contributed by atoms with Crippen LogP contribution in [0.3, 0.4) is 0 Å². The van der Waals surface area contributed by atoms with Crippen LogP contribution in [0.4, 0.5) is 0 Å². The van der Waals surface area contributed by atoms with E-state index in [2.05, 4.69) is 0 Å². The Bertz CT molecular complexity index is 538. The first-order valence-corrected chi connectivity index (χ1v) is 5.09. The van der Waals surface area contributed by atoms with Crippen molar-refractivity contribution >= 4 is 16.7 Å². The summed E-state index contributed by atoms with van der Waals surface area (Å²) in [7, 11) is 0. The van der Waals surface area contributed by atoms with Gasteiger partial charge in [-0.3, -0.25) is 0 Å². The summed E-state index contributed by atoms with van der Waals surface area (Å²) in [6.07, 6.45) is 1.71. The molecule has 0 bridgehead atoms. The molecule has 0 amide bonds. The second-order valence-electron chi connectivity index (χ2n) is 3.42. The molecule has 0 radical (unpaired) electrons. The van der Waals surface area contributed by atoms with E-state index in [9.17, 15) is 4.79 Å². The van der Waals surface area contributed by atoms with Gasteiger partial charge in [0.2, 0.25) is 6.20 Å². The molecule has 1 aromatic carbocycles. The second kappa shape index (κ2) is 4.18. The fourth-order valence-corrected chi connectivity index (χ4v) is 1.57. The van der Waals surface area contributed by atoms with Crippen LogP contribution in [-0.4, -0.2) is 12.6 Å². The number of carbonyl (C=O) groups excluding carboxylic acids is 1. The van der Waals surface area contributed by atoms with Crippen molar-refractivity contribution < 1.29 is 14.2 Å². The van der Waals surface area contributed by atoms with E-state index in [1.54, 1.807) is 19.2 Å². The summed E-state index contributed by atoms with van der Waals surface area (Å²) < 4.78 is 6.21. The minimum atomic E-state index is -0.407. The Balaban J connectivity index is 2.54. The lowest BCUT2D eigenvalue weighted by Crippen LogP contribution is -2.49. The van der Waals surface area contributed by atoms with Crippen LogP contribution < -0.4 is 10.5 Å². The van der Waals surface area contributed by atoms with Crippen LogP contribution in [0.5, 0.6) is 0 Å². The highest BCUT2D eigenvalue weighted by atomic mass is 16.5. The molecule has 82 valence electrons. The van der Waals surface area contributed by atoms with Gasteiger partial charge in [0.25, 0.3) is 0 Å². The first-order chi connectivity index (χ1) is 7.72. The third kappa shape index (κ3) is 1.82. The fraction of sp³-hybridized carbons (Fsp3) is 0.167. The highest BCUT2D eigenvalue weighted by molar-refractivity contribution is 5.91. The molecule has 16 heavy (non-hydrogen) atoms. The maximum absolute atomic E-state index is 11.6. The van der Waals surface area contributed by atoms with Crippen molar-refractivity contribution in [1.82, 2.24) is 0 Å². The molecule has 4 nitrogen and oxygen atoms in total. The van der Waals surface area contributed by atoms with Gasteiger partial charge in [-0.15, -0.1) is 0 Å². The average molecular weight is 217 g/mol. The number of fused-ring (bicyclic) bond motifs is 1. The number of rotatable bonds is 2. The van der Waals surface area contributed by atoms with Crippen molar-refractivity contribution in [3.63, 3.8) is 0 Å². The van der Waals surface area contributed by atoms with E-state index in [0.29, 0.717) is 12.3 Å². The van der Waals surface area contributed by atoms with Crippen molar-refractivity contribution in [2.75, 3.05) is 12.4 Å². The lowest BCUT2D eigenvalue weighted by Gasteiger charge is -2.01. The van der Waals surface area contributed by atoms with Crippen LogP contribution in [0.25, 0.3) is 10.8 Å². The predicted octanol–water partition coefficient (Wildman–Crippen LogP) is 1.02. The monoisotopic (exact) mass is 217 g/mol. The topological polar surface area (TPSA) is 56.2 Å². The van der Waals surface area contributed by atoms with Gasteiger partial charge in [0.1, 0.15) is 0 Å². The highest BCUT2D eigenvalue weighted by Gasteiger charge is 2.20. The number of benzene rings is 1. The van der Waals surface area contributed by atoms with Gasteiger partial charge in [0, 0.05) is 11.5 Å². The Hall–Kier alpha value is -2.10. The van der Waals surface area contributed by atoms with Gasteiger partial charge >= 0.3 is 11.7 Å². The number of hydrogen-bond acceptors (Lipinski definition) is 3. The number of hydrogen-bond donors (Lipinski definition) is 1. The van der Waals surface area contributed by atoms with E-state index in [-0.39, 0.29) is 0 Å². The molecule has 0 aliphatic heterocycles. The lowest BCUT2D eigenvalue weighted by molar-refractivity contribution is -0.640. The van der Waals surface area contributed by atoms with Gasteiger partial charge in [-0.2, -0.15) is 0 Å². The molecule has 2 rings (SSSR count). The van der Waals surface area contributed by atoms with Gasteiger partial charge in [-0.1, -0.05) is 22.9 Å². The molecular weight excluding hydrogens is 204 g/mol. The Morgan fingerprint density at radius 2 is 2.06 bits per heavy atom. The second-order valence-corrected chi connectivity index (χ2v) is 3.42. The smallest absolute Gasteiger partial charge is 0.406 e. The van der Waals surface area contributed by atoms with E-state index in [1.165, 1.54) is 4.68 Å². The van der Waals surface area contributed by atoms with Gasteiger partial charge in [-0.25, -0.2) is 10.6 Å². The van der Waals surface area contributed by atoms with Crippen molar-refractivity contribution in [2.45, 2.75) is 6.92 Å². The van der Waals surface area contributed by atoms with Crippen LogP contribution >= 0.6 is 0 Å². The van der Waals surface area contributed by atoms with E-state index in [4.69, 9.17) is 10.6 Å². The van der Waals surface area contributed by atoms with Crippen molar-refractivity contribution in [1.29, 1.82) is 0 Å². The summed E-state index contributed by atoms with van der Waals surface area (Å²) in [4.78, 5) is 11.6. The number of nitrogens with zero attached hydrogens (tertiary/aromatic N) is 1. The van der Waals surface area contributed by atoms with Crippen molar-refractivity contribution in [3.8, 4) is 0 Å². The zero-order chi connectivity index (χ0) is 11.5. The summed E-state index contributed by atoms with van der Waals surface area (Å²) in [5.74, 6) is 5.33. The SMILES string of the molecule is CCOC(=O)c1cc2ccccc2c[n+]1N. The molecule has 0 saturated carbocycles. The molecule has 0 saturated heterocycles. The summed E-state index contributed by atoms with van der Waals surface area (Å²) >= 11 is 0. The Morgan fingerprint density at radius 1 is 1.38 bits per heavy atom. The fourth-order valence-electron chi connectivity index (χ4n) is 1.57. The first-order valence-electron chi connectivity index (χ1n) is 5.09. The molecule has 0 fully saturated rings.